The van der Waals surface area contributed by atoms with Crippen molar-refractivity contribution in [1.82, 2.24) is 5.32 Å². The van der Waals surface area contributed by atoms with Gasteiger partial charge in [0.05, 0.1) is 5.92 Å². The Labute approximate surface area is 116 Å². The Balaban J connectivity index is 2.32. The van der Waals surface area contributed by atoms with Crippen LogP contribution in [0.3, 0.4) is 0 Å². The molecule has 20 heavy (non-hydrogen) atoms. The first kappa shape index (κ1) is 15.3. The van der Waals surface area contributed by atoms with Crippen molar-refractivity contribution in [2.24, 2.45) is 11.8 Å². The zero-order chi connectivity index (χ0) is 14.8. The lowest BCUT2D eigenvalue weighted by atomic mass is 9.73. The normalized spacial score (nSPS) is 25.4. The summed E-state index contributed by atoms with van der Waals surface area (Å²) in [5.74, 6) is -2.41. The Morgan fingerprint density at radius 3 is 2.40 bits per heavy atom. The fourth-order valence-corrected chi connectivity index (χ4v) is 3.29. The van der Waals surface area contributed by atoms with Gasteiger partial charge < -0.3 is 5.32 Å². The Morgan fingerprint density at radius 1 is 1.15 bits per heavy atom. The third-order valence-electron chi connectivity index (χ3n) is 4.22. The second kappa shape index (κ2) is 6.12. The van der Waals surface area contributed by atoms with Gasteiger partial charge in [-0.2, -0.15) is 13.2 Å². The largest absolute Gasteiger partial charge is 0.392 e. The molecular weight excluding hydrogens is 270 g/mol. The molecule has 2 rings (SSSR count). The number of halogens is 4. The molecule has 0 heterocycles. The van der Waals surface area contributed by atoms with E-state index in [9.17, 15) is 17.6 Å². The van der Waals surface area contributed by atoms with Crippen LogP contribution in [-0.4, -0.2) is 13.2 Å². The van der Waals surface area contributed by atoms with Crippen molar-refractivity contribution < 1.29 is 17.6 Å². The third kappa shape index (κ3) is 3.14. The second-order valence-corrected chi connectivity index (χ2v) is 5.38. The van der Waals surface area contributed by atoms with Crippen LogP contribution >= 0.6 is 0 Å². The van der Waals surface area contributed by atoms with E-state index in [2.05, 4.69) is 5.32 Å². The van der Waals surface area contributed by atoms with E-state index in [1.165, 1.54) is 6.07 Å². The minimum Gasteiger partial charge on any atom is -0.313 e. The highest BCUT2D eigenvalue weighted by Gasteiger charge is 2.48. The van der Waals surface area contributed by atoms with Crippen LogP contribution in [0, 0.1) is 17.7 Å². The molecule has 0 radical (unpaired) electrons. The summed E-state index contributed by atoms with van der Waals surface area (Å²) in [7, 11) is 1.60. The molecule has 1 saturated carbocycles. The van der Waals surface area contributed by atoms with Crippen molar-refractivity contribution in [1.29, 1.82) is 0 Å². The maximum atomic E-state index is 13.9. The van der Waals surface area contributed by atoms with Crippen LogP contribution in [0.5, 0.6) is 0 Å². The van der Waals surface area contributed by atoms with Gasteiger partial charge in [0.15, 0.2) is 0 Å². The van der Waals surface area contributed by atoms with Crippen molar-refractivity contribution in [3.05, 3.63) is 35.6 Å². The van der Waals surface area contributed by atoms with Gasteiger partial charge >= 0.3 is 6.18 Å². The van der Waals surface area contributed by atoms with Gasteiger partial charge in [-0.3, -0.25) is 0 Å². The van der Waals surface area contributed by atoms with E-state index >= 15 is 0 Å². The van der Waals surface area contributed by atoms with Crippen LogP contribution < -0.4 is 5.32 Å². The maximum absolute atomic E-state index is 13.9. The molecular formula is C15H19F4N. The van der Waals surface area contributed by atoms with Gasteiger partial charge in [0, 0.05) is 11.6 Å². The molecule has 3 unspecified atom stereocenters. The van der Waals surface area contributed by atoms with E-state index in [0.29, 0.717) is 18.4 Å². The first-order valence-electron chi connectivity index (χ1n) is 6.93. The molecule has 0 saturated heterocycles. The Kier molecular flexibility index (Phi) is 4.68. The molecule has 0 bridgehead atoms. The maximum Gasteiger partial charge on any atom is 0.392 e. The SMILES string of the molecule is CNC(c1ccccc1F)C1CCCCC1C(F)(F)F. The van der Waals surface area contributed by atoms with Crippen LogP contribution in [0.2, 0.25) is 0 Å². The van der Waals surface area contributed by atoms with Crippen molar-refractivity contribution in [2.45, 2.75) is 37.9 Å². The highest BCUT2D eigenvalue weighted by Crippen LogP contribution is 2.46. The van der Waals surface area contributed by atoms with Gasteiger partial charge in [0.2, 0.25) is 0 Å². The molecule has 1 aromatic carbocycles. The number of hydrogen-bond acceptors (Lipinski definition) is 1. The Morgan fingerprint density at radius 2 is 1.80 bits per heavy atom. The third-order valence-corrected chi connectivity index (χ3v) is 4.22. The van der Waals surface area contributed by atoms with Crippen molar-refractivity contribution >= 4 is 0 Å². The zero-order valence-electron chi connectivity index (χ0n) is 11.4. The summed E-state index contributed by atoms with van der Waals surface area (Å²) in [6, 6.07) is 5.48. The fraction of sp³-hybridized carbons (Fsp3) is 0.600. The zero-order valence-corrected chi connectivity index (χ0v) is 11.4. The summed E-state index contributed by atoms with van der Waals surface area (Å²) in [4.78, 5) is 0. The summed E-state index contributed by atoms with van der Waals surface area (Å²) < 4.78 is 53.4. The smallest absolute Gasteiger partial charge is 0.313 e. The molecule has 1 aliphatic rings. The van der Waals surface area contributed by atoms with Crippen LogP contribution in [-0.2, 0) is 0 Å². The lowest BCUT2D eigenvalue weighted by Crippen LogP contribution is -2.40. The first-order valence-corrected chi connectivity index (χ1v) is 6.93. The lowest BCUT2D eigenvalue weighted by molar-refractivity contribution is -0.199. The summed E-state index contributed by atoms with van der Waals surface area (Å²) in [5, 5.41) is 2.89. The second-order valence-electron chi connectivity index (χ2n) is 5.38. The molecule has 1 aliphatic carbocycles. The van der Waals surface area contributed by atoms with E-state index in [1.807, 2.05) is 0 Å². The van der Waals surface area contributed by atoms with Gasteiger partial charge in [0.25, 0.3) is 0 Å². The van der Waals surface area contributed by atoms with E-state index in [4.69, 9.17) is 0 Å². The highest BCUT2D eigenvalue weighted by atomic mass is 19.4. The molecule has 0 aliphatic heterocycles. The molecule has 1 nitrogen and oxygen atoms in total. The first-order chi connectivity index (χ1) is 9.45. The predicted octanol–water partition coefficient (Wildman–Crippen LogP) is 4.45. The molecule has 1 fully saturated rings. The minimum absolute atomic E-state index is 0.140. The van der Waals surface area contributed by atoms with E-state index in [-0.39, 0.29) is 6.42 Å². The molecule has 3 atom stereocenters. The monoisotopic (exact) mass is 289 g/mol. The van der Waals surface area contributed by atoms with Crippen LogP contribution in [0.4, 0.5) is 17.6 Å². The van der Waals surface area contributed by atoms with Crippen molar-refractivity contribution in [3.63, 3.8) is 0 Å². The average molecular weight is 289 g/mol. The molecule has 0 amide bonds. The van der Waals surface area contributed by atoms with Gasteiger partial charge in [-0.1, -0.05) is 31.0 Å². The number of nitrogens with one attached hydrogen (secondary N) is 1. The molecule has 112 valence electrons. The summed E-state index contributed by atoms with van der Waals surface area (Å²) >= 11 is 0. The van der Waals surface area contributed by atoms with Crippen molar-refractivity contribution in [2.75, 3.05) is 7.05 Å². The lowest BCUT2D eigenvalue weighted by Gasteiger charge is -2.38. The van der Waals surface area contributed by atoms with E-state index < -0.39 is 29.9 Å². The topological polar surface area (TPSA) is 12.0 Å². The van der Waals surface area contributed by atoms with Crippen LogP contribution in [0.25, 0.3) is 0 Å². The number of alkyl halides is 3. The van der Waals surface area contributed by atoms with Gasteiger partial charge in [0.1, 0.15) is 5.82 Å². The summed E-state index contributed by atoms with van der Waals surface area (Å²) in [5.41, 5.74) is 0.330. The van der Waals surface area contributed by atoms with Gasteiger partial charge in [-0.05, 0) is 31.9 Å². The molecule has 0 spiro atoms. The van der Waals surface area contributed by atoms with Gasteiger partial charge in [-0.25, -0.2) is 4.39 Å². The van der Waals surface area contributed by atoms with Crippen molar-refractivity contribution in [3.8, 4) is 0 Å². The molecule has 0 aromatic heterocycles. The number of rotatable bonds is 3. The summed E-state index contributed by atoms with van der Waals surface area (Å²) in [6.45, 7) is 0. The van der Waals surface area contributed by atoms with Crippen LogP contribution in [0.15, 0.2) is 24.3 Å². The van der Waals surface area contributed by atoms with Crippen LogP contribution in [0.1, 0.15) is 37.3 Å². The van der Waals surface area contributed by atoms with E-state index in [0.717, 1.165) is 6.42 Å². The Bertz CT molecular complexity index is 444. The highest BCUT2D eigenvalue weighted by molar-refractivity contribution is 5.22. The molecule has 1 N–H and O–H groups in total. The average Bonchev–Trinajstić information content (AvgIpc) is 2.41. The summed E-state index contributed by atoms with van der Waals surface area (Å²) in [6.07, 6.45) is -2.24. The standard InChI is InChI=1S/C15H19F4N/c1-20-14(11-7-3-5-9-13(11)16)10-6-2-4-8-12(10)15(17,18)19/h3,5,7,9-10,12,14,20H,2,4,6,8H2,1H3. The fourth-order valence-electron chi connectivity index (χ4n) is 3.29. The number of benzene rings is 1. The minimum atomic E-state index is -4.22. The van der Waals surface area contributed by atoms with Gasteiger partial charge in [-0.15, -0.1) is 0 Å². The number of hydrogen-bond donors (Lipinski definition) is 1. The Hall–Kier alpha value is -1.10. The predicted molar refractivity (Wildman–Crippen MR) is 69.7 cm³/mol. The quantitative estimate of drug-likeness (QED) is 0.810. The van der Waals surface area contributed by atoms with E-state index in [1.54, 1.807) is 25.2 Å². The molecule has 1 aromatic rings. The molecule has 5 heteroatoms.